The van der Waals surface area contributed by atoms with Crippen molar-refractivity contribution in [3.8, 4) is 0 Å². The molecule has 0 amide bonds. The predicted octanol–water partition coefficient (Wildman–Crippen LogP) is 7.75. The Morgan fingerprint density at radius 1 is 0.641 bits per heavy atom. The van der Waals surface area contributed by atoms with E-state index in [0.717, 1.165) is 27.2 Å². The summed E-state index contributed by atoms with van der Waals surface area (Å²) < 4.78 is 41.0. The molecule has 0 radical (unpaired) electrons. The summed E-state index contributed by atoms with van der Waals surface area (Å²) in [6.07, 6.45) is 2.51. The largest absolute Gasteiger partial charge is 0.673 e. The van der Waals surface area contributed by atoms with E-state index in [9.17, 15) is 26.9 Å². The summed E-state index contributed by atoms with van der Waals surface area (Å²) >= 11 is 0. The van der Waals surface area contributed by atoms with E-state index in [1.165, 1.54) is 0 Å². The van der Waals surface area contributed by atoms with Gasteiger partial charge in [-0.2, -0.15) is 0 Å². The number of carbonyl (C=O) groups is 2. The van der Waals surface area contributed by atoms with Crippen molar-refractivity contribution >= 4 is 40.4 Å². The number of Topliss-reactive ketones (excluding diaryl/α,β-unsaturated/α-hetero) is 2. The van der Waals surface area contributed by atoms with Crippen LogP contribution in [0.3, 0.4) is 0 Å². The summed E-state index contributed by atoms with van der Waals surface area (Å²) in [5.41, 5.74) is 2.34. The number of aromatic nitrogens is 1. The lowest BCUT2D eigenvalue weighted by Gasteiger charge is -2.15. The Morgan fingerprint density at radius 2 is 1.05 bits per heavy atom. The summed E-state index contributed by atoms with van der Waals surface area (Å²) in [6, 6.07) is 33.6. The third kappa shape index (κ3) is 7.60. The van der Waals surface area contributed by atoms with Crippen molar-refractivity contribution in [1.82, 2.24) is 0 Å². The fourth-order valence-electron chi connectivity index (χ4n) is 4.65. The molecule has 0 aliphatic carbocycles. The number of hydrogen-bond donors (Lipinski definition) is 0. The van der Waals surface area contributed by atoms with Crippen LogP contribution < -0.4 is 4.57 Å². The number of pyridine rings is 1. The number of benzene rings is 4. The molecule has 0 fully saturated rings. The first-order chi connectivity index (χ1) is 18.6. The molecule has 5 aromatic rings. The molecule has 0 N–H and O–H groups in total. The van der Waals surface area contributed by atoms with Crippen molar-refractivity contribution in [2.45, 2.75) is 18.8 Å². The van der Waals surface area contributed by atoms with E-state index in [2.05, 4.69) is 0 Å². The first-order valence-corrected chi connectivity index (χ1v) is 12.4. The Balaban J connectivity index is 0.000000648. The van der Waals surface area contributed by atoms with E-state index in [1.807, 2.05) is 121 Å². The Kier molecular flexibility index (Phi) is 8.54. The average molecular weight is 531 g/mol. The van der Waals surface area contributed by atoms with Gasteiger partial charge in [0.25, 0.3) is 0 Å². The number of nitrogens with zero attached hydrogens (tertiary/aromatic N) is 1. The standard InChI is InChI=1S/C31H26NO2.BF4/c1-32-17-7-6-12-29(32)28(20-30(33)26-15-13-22-8-2-4-10-24(22)18-26)21-31(34)27-16-14-23-9-3-5-11-25(23)19-27;2-1(3,4)5/h2-19,28H,20-21H2,1H3;/q+1;-1. The molecule has 4 aromatic carbocycles. The monoisotopic (exact) mass is 531 g/mol. The zero-order chi connectivity index (χ0) is 28.0. The first-order valence-electron chi connectivity index (χ1n) is 12.4. The summed E-state index contributed by atoms with van der Waals surface area (Å²) in [4.78, 5) is 26.7. The number of rotatable bonds is 7. The summed E-state index contributed by atoms with van der Waals surface area (Å²) in [5.74, 6) is -0.124. The number of aryl methyl sites for hydroxylation is 1. The third-order valence-corrected chi connectivity index (χ3v) is 6.52. The summed E-state index contributed by atoms with van der Waals surface area (Å²) in [5, 5.41) is 4.30. The van der Waals surface area contributed by atoms with Crippen LogP contribution in [0.1, 0.15) is 45.2 Å². The molecule has 0 aliphatic rings. The van der Waals surface area contributed by atoms with Crippen LogP contribution in [0, 0.1) is 0 Å². The molecule has 0 saturated carbocycles. The zero-order valence-corrected chi connectivity index (χ0v) is 21.2. The molecular formula is C31H26BF4NO2. The highest BCUT2D eigenvalue weighted by Crippen LogP contribution is 2.27. The fraction of sp³-hybridized carbons (Fsp3) is 0.129. The van der Waals surface area contributed by atoms with Crippen LogP contribution in [0.5, 0.6) is 0 Å². The van der Waals surface area contributed by atoms with Gasteiger partial charge in [-0.15, -0.1) is 0 Å². The van der Waals surface area contributed by atoms with E-state index < -0.39 is 7.25 Å². The maximum atomic E-state index is 13.4. The topological polar surface area (TPSA) is 38.0 Å². The molecule has 0 bridgehead atoms. The number of carbonyl (C=O) groups excluding carboxylic acids is 2. The maximum absolute atomic E-state index is 13.4. The molecule has 0 spiro atoms. The number of fused-ring (bicyclic) bond motifs is 2. The molecule has 8 heteroatoms. The Bertz CT molecular complexity index is 1540. The second-order valence-electron chi connectivity index (χ2n) is 9.31. The summed E-state index contributed by atoms with van der Waals surface area (Å²) in [6.45, 7) is 0. The normalized spacial score (nSPS) is 11.3. The molecule has 0 aliphatic heterocycles. The van der Waals surface area contributed by atoms with Crippen molar-refractivity contribution in [3.63, 3.8) is 0 Å². The smallest absolute Gasteiger partial charge is 0.418 e. The third-order valence-electron chi connectivity index (χ3n) is 6.52. The van der Waals surface area contributed by atoms with Crippen molar-refractivity contribution in [2.24, 2.45) is 7.05 Å². The van der Waals surface area contributed by atoms with Crippen molar-refractivity contribution in [2.75, 3.05) is 0 Å². The molecule has 3 nitrogen and oxygen atoms in total. The van der Waals surface area contributed by atoms with E-state index in [0.29, 0.717) is 11.1 Å². The zero-order valence-electron chi connectivity index (χ0n) is 21.2. The van der Waals surface area contributed by atoms with E-state index in [4.69, 9.17) is 0 Å². The van der Waals surface area contributed by atoms with Gasteiger partial charge in [-0.1, -0.05) is 78.9 Å². The molecule has 39 heavy (non-hydrogen) atoms. The van der Waals surface area contributed by atoms with E-state index in [1.54, 1.807) is 0 Å². The average Bonchev–Trinajstić information content (AvgIpc) is 2.91. The Hall–Kier alpha value is -4.33. The van der Waals surface area contributed by atoms with Gasteiger partial charge >= 0.3 is 7.25 Å². The quantitative estimate of drug-likeness (QED) is 0.0933. The molecule has 5 rings (SSSR count). The lowest BCUT2D eigenvalue weighted by atomic mass is 9.88. The first kappa shape index (κ1) is 27.7. The molecule has 198 valence electrons. The van der Waals surface area contributed by atoms with Gasteiger partial charge < -0.3 is 17.3 Å². The SMILES string of the molecule is C[n+]1ccccc1C(CC(=O)c1ccc2ccccc2c1)CC(=O)c1ccc2ccccc2c1.F[B-](F)(F)F. The highest BCUT2D eigenvalue weighted by Gasteiger charge is 2.27. The molecule has 1 aromatic heterocycles. The number of hydrogen-bond acceptors (Lipinski definition) is 2. The lowest BCUT2D eigenvalue weighted by Crippen LogP contribution is -2.35. The van der Waals surface area contributed by atoms with Gasteiger partial charge in [-0.25, -0.2) is 4.57 Å². The van der Waals surface area contributed by atoms with Crippen molar-refractivity contribution in [1.29, 1.82) is 0 Å². The van der Waals surface area contributed by atoms with E-state index in [-0.39, 0.29) is 30.3 Å². The van der Waals surface area contributed by atoms with Crippen LogP contribution in [-0.2, 0) is 7.05 Å². The predicted molar refractivity (Wildman–Crippen MR) is 146 cm³/mol. The van der Waals surface area contributed by atoms with Crippen LogP contribution in [0.25, 0.3) is 21.5 Å². The maximum Gasteiger partial charge on any atom is 0.673 e. The van der Waals surface area contributed by atoms with Gasteiger partial charge in [0.15, 0.2) is 23.5 Å². The van der Waals surface area contributed by atoms with Gasteiger partial charge in [-0.3, -0.25) is 9.59 Å². The minimum atomic E-state index is -6.00. The minimum absolute atomic E-state index is 0.0471. The number of ketones is 2. The lowest BCUT2D eigenvalue weighted by molar-refractivity contribution is -0.680. The second-order valence-corrected chi connectivity index (χ2v) is 9.31. The van der Waals surface area contributed by atoms with Crippen LogP contribution >= 0.6 is 0 Å². The van der Waals surface area contributed by atoms with Crippen LogP contribution in [0.15, 0.2) is 109 Å². The Morgan fingerprint density at radius 3 is 1.49 bits per heavy atom. The van der Waals surface area contributed by atoms with Crippen molar-refractivity contribution in [3.05, 3.63) is 126 Å². The Labute approximate surface area is 223 Å². The molecule has 0 unspecified atom stereocenters. The molecule has 0 atom stereocenters. The van der Waals surface area contributed by atoms with Crippen molar-refractivity contribution < 1.29 is 31.4 Å². The van der Waals surface area contributed by atoms with Gasteiger partial charge in [0.1, 0.15) is 7.05 Å². The molecule has 0 saturated heterocycles. The summed E-state index contributed by atoms with van der Waals surface area (Å²) in [7, 11) is -4.04. The van der Waals surface area contributed by atoms with Gasteiger partial charge in [-0.05, 0) is 33.7 Å². The molecular weight excluding hydrogens is 505 g/mol. The highest BCUT2D eigenvalue weighted by atomic mass is 19.5. The second kappa shape index (κ2) is 12.0. The molecule has 1 heterocycles. The fourth-order valence-corrected chi connectivity index (χ4v) is 4.65. The van der Waals surface area contributed by atoms with Gasteiger partial charge in [0.05, 0.1) is 5.92 Å². The van der Waals surface area contributed by atoms with Gasteiger partial charge in [0, 0.05) is 36.1 Å². The number of halogens is 4. The van der Waals surface area contributed by atoms with Crippen LogP contribution in [0.2, 0.25) is 0 Å². The van der Waals surface area contributed by atoms with E-state index >= 15 is 0 Å². The van der Waals surface area contributed by atoms with Gasteiger partial charge in [0.2, 0.25) is 0 Å². The van der Waals surface area contributed by atoms with Crippen LogP contribution in [0.4, 0.5) is 17.3 Å². The minimum Gasteiger partial charge on any atom is -0.418 e. The van der Waals surface area contributed by atoms with Crippen LogP contribution in [-0.4, -0.2) is 18.8 Å². The highest BCUT2D eigenvalue weighted by molar-refractivity contribution is 6.50.